The predicted octanol–water partition coefficient (Wildman–Crippen LogP) is 1.74. The van der Waals surface area contributed by atoms with Crippen LogP contribution in [-0.4, -0.2) is 60.0 Å². The van der Waals surface area contributed by atoms with Crippen LogP contribution in [0.2, 0.25) is 0 Å². The van der Waals surface area contributed by atoms with E-state index in [4.69, 9.17) is 9.84 Å². The standard InChI is InChI=1S/C18H28N2O5/c1-13(2)8-9-20(10-11-21)18(24)19-16(17(22)23)12-14-4-6-15(25-3)7-5-14/h4-7,13,16,21H,8-12H2,1-3H3,(H,19,24)(H,22,23). The van der Waals surface area contributed by atoms with E-state index < -0.39 is 18.0 Å². The number of aliphatic hydroxyl groups excluding tert-OH is 1. The first-order valence-corrected chi connectivity index (χ1v) is 8.39. The molecule has 0 aromatic heterocycles. The summed E-state index contributed by atoms with van der Waals surface area (Å²) in [6, 6.07) is 5.51. The molecule has 25 heavy (non-hydrogen) atoms. The van der Waals surface area contributed by atoms with Gasteiger partial charge in [0.1, 0.15) is 11.8 Å². The summed E-state index contributed by atoms with van der Waals surface area (Å²) in [5.74, 6) is -0.0111. The van der Waals surface area contributed by atoms with E-state index in [1.807, 2.05) is 13.8 Å². The van der Waals surface area contributed by atoms with Crippen molar-refractivity contribution in [3.05, 3.63) is 29.8 Å². The van der Waals surface area contributed by atoms with Crippen molar-refractivity contribution in [3.8, 4) is 5.75 Å². The summed E-state index contributed by atoms with van der Waals surface area (Å²) in [7, 11) is 1.56. The van der Waals surface area contributed by atoms with Crippen LogP contribution in [0, 0.1) is 5.92 Å². The second-order valence-electron chi connectivity index (χ2n) is 6.29. The number of hydrogen-bond donors (Lipinski definition) is 3. The molecule has 0 aliphatic rings. The lowest BCUT2D eigenvalue weighted by Crippen LogP contribution is -2.50. The minimum atomic E-state index is -1.10. The number of carbonyl (C=O) groups is 2. The Hall–Kier alpha value is -2.28. The van der Waals surface area contributed by atoms with E-state index in [1.54, 1.807) is 31.4 Å². The summed E-state index contributed by atoms with van der Waals surface area (Å²) < 4.78 is 5.07. The van der Waals surface area contributed by atoms with Crippen LogP contribution in [0.25, 0.3) is 0 Å². The van der Waals surface area contributed by atoms with E-state index in [2.05, 4.69) is 5.32 Å². The second-order valence-corrected chi connectivity index (χ2v) is 6.29. The van der Waals surface area contributed by atoms with Gasteiger partial charge in [-0.05, 0) is 30.0 Å². The average molecular weight is 352 g/mol. The Morgan fingerprint density at radius 3 is 2.32 bits per heavy atom. The molecule has 0 heterocycles. The zero-order valence-corrected chi connectivity index (χ0v) is 15.1. The van der Waals surface area contributed by atoms with Crippen molar-refractivity contribution < 1.29 is 24.5 Å². The topological polar surface area (TPSA) is 99.1 Å². The van der Waals surface area contributed by atoms with Crippen molar-refractivity contribution in [2.45, 2.75) is 32.7 Å². The second kappa shape index (κ2) is 10.6. The third kappa shape index (κ3) is 7.43. The van der Waals surface area contributed by atoms with Gasteiger partial charge in [0, 0.05) is 19.5 Å². The summed E-state index contributed by atoms with van der Waals surface area (Å²) in [4.78, 5) is 25.3. The van der Waals surface area contributed by atoms with Gasteiger partial charge in [-0.3, -0.25) is 0 Å². The van der Waals surface area contributed by atoms with Gasteiger partial charge in [-0.1, -0.05) is 26.0 Å². The molecule has 0 fully saturated rings. The van der Waals surface area contributed by atoms with Crippen molar-refractivity contribution in [1.82, 2.24) is 10.2 Å². The highest BCUT2D eigenvalue weighted by atomic mass is 16.5. The first kappa shape index (κ1) is 20.8. The first-order valence-electron chi connectivity index (χ1n) is 8.39. The number of urea groups is 1. The van der Waals surface area contributed by atoms with Gasteiger partial charge in [-0.2, -0.15) is 0 Å². The molecule has 0 bridgehead atoms. The van der Waals surface area contributed by atoms with Gasteiger partial charge in [0.05, 0.1) is 13.7 Å². The van der Waals surface area contributed by atoms with E-state index in [0.717, 1.165) is 12.0 Å². The van der Waals surface area contributed by atoms with Crippen LogP contribution in [0.5, 0.6) is 5.75 Å². The molecule has 1 aromatic rings. The maximum absolute atomic E-state index is 12.4. The fourth-order valence-corrected chi connectivity index (χ4v) is 2.29. The number of hydrogen-bond acceptors (Lipinski definition) is 4. The Balaban J connectivity index is 2.73. The van der Waals surface area contributed by atoms with Crippen molar-refractivity contribution in [2.75, 3.05) is 26.8 Å². The molecule has 1 unspecified atom stereocenters. The van der Waals surface area contributed by atoms with Crippen LogP contribution in [0.1, 0.15) is 25.8 Å². The summed E-state index contributed by atoms with van der Waals surface area (Å²) in [6.07, 6.45) is 0.950. The largest absolute Gasteiger partial charge is 0.497 e. The van der Waals surface area contributed by atoms with Gasteiger partial charge in [0.15, 0.2) is 0 Å². The van der Waals surface area contributed by atoms with Crippen molar-refractivity contribution in [2.24, 2.45) is 5.92 Å². The molecule has 3 N–H and O–H groups in total. The van der Waals surface area contributed by atoms with Crippen LogP contribution in [0.15, 0.2) is 24.3 Å². The number of carboxylic acid groups (broad SMARTS) is 1. The van der Waals surface area contributed by atoms with Crippen molar-refractivity contribution in [1.29, 1.82) is 0 Å². The lowest BCUT2D eigenvalue weighted by Gasteiger charge is -2.25. The maximum Gasteiger partial charge on any atom is 0.326 e. The van der Waals surface area contributed by atoms with E-state index in [-0.39, 0.29) is 19.6 Å². The Kier molecular flexibility index (Phi) is 8.77. The molecule has 0 saturated heterocycles. The number of nitrogens with one attached hydrogen (secondary N) is 1. The van der Waals surface area contributed by atoms with Crippen LogP contribution < -0.4 is 10.1 Å². The summed E-state index contributed by atoms with van der Waals surface area (Å²) in [6.45, 7) is 4.56. The van der Waals surface area contributed by atoms with Crippen molar-refractivity contribution >= 4 is 12.0 Å². The molecule has 7 heteroatoms. The number of ether oxygens (including phenoxy) is 1. The van der Waals surface area contributed by atoms with Gasteiger partial charge in [0.25, 0.3) is 0 Å². The van der Waals surface area contributed by atoms with Crippen LogP contribution in [-0.2, 0) is 11.2 Å². The molecule has 0 saturated carbocycles. The minimum Gasteiger partial charge on any atom is -0.497 e. The molecule has 7 nitrogen and oxygen atoms in total. The number of carbonyl (C=O) groups excluding carboxylic acids is 1. The molecular weight excluding hydrogens is 324 g/mol. The number of benzene rings is 1. The van der Waals surface area contributed by atoms with E-state index >= 15 is 0 Å². The number of amides is 2. The third-order valence-electron chi connectivity index (χ3n) is 3.83. The van der Waals surface area contributed by atoms with Gasteiger partial charge in [-0.25, -0.2) is 9.59 Å². The molecule has 0 spiro atoms. The van der Waals surface area contributed by atoms with Gasteiger partial charge in [0.2, 0.25) is 0 Å². The number of nitrogens with zero attached hydrogens (tertiary/aromatic N) is 1. The highest BCUT2D eigenvalue weighted by molar-refractivity contribution is 5.82. The highest BCUT2D eigenvalue weighted by Crippen LogP contribution is 2.13. The average Bonchev–Trinajstić information content (AvgIpc) is 2.58. The number of carboxylic acids is 1. The highest BCUT2D eigenvalue weighted by Gasteiger charge is 2.23. The lowest BCUT2D eigenvalue weighted by atomic mass is 10.1. The molecule has 0 aliphatic heterocycles. The Morgan fingerprint density at radius 1 is 1.20 bits per heavy atom. The first-order chi connectivity index (χ1) is 11.9. The molecule has 1 rings (SSSR count). The molecular formula is C18H28N2O5. The summed E-state index contributed by atoms with van der Waals surface area (Å²) in [5.41, 5.74) is 0.782. The fourth-order valence-electron chi connectivity index (χ4n) is 2.29. The third-order valence-corrected chi connectivity index (χ3v) is 3.83. The SMILES string of the molecule is COc1ccc(CC(NC(=O)N(CCO)CCC(C)C)C(=O)O)cc1. The van der Waals surface area contributed by atoms with Gasteiger partial charge >= 0.3 is 12.0 Å². The zero-order valence-electron chi connectivity index (χ0n) is 15.1. The van der Waals surface area contributed by atoms with Crippen molar-refractivity contribution in [3.63, 3.8) is 0 Å². The maximum atomic E-state index is 12.4. The van der Waals surface area contributed by atoms with Crippen LogP contribution >= 0.6 is 0 Å². The number of rotatable bonds is 10. The number of aliphatic hydroxyl groups is 1. The van der Waals surface area contributed by atoms with Gasteiger partial charge in [-0.15, -0.1) is 0 Å². The molecule has 140 valence electrons. The molecule has 1 atom stereocenters. The Labute approximate surface area is 148 Å². The summed E-state index contributed by atoms with van der Waals surface area (Å²) in [5, 5.41) is 21.1. The quantitative estimate of drug-likeness (QED) is 0.596. The fraction of sp³-hybridized carbons (Fsp3) is 0.556. The summed E-state index contributed by atoms with van der Waals surface area (Å²) >= 11 is 0. The monoisotopic (exact) mass is 352 g/mol. The smallest absolute Gasteiger partial charge is 0.326 e. The number of aliphatic carboxylic acids is 1. The van der Waals surface area contributed by atoms with E-state index in [0.29, 0.717) is 18.2 Å². The van der Waals surface area contributed by atoms with Gasteiger partial charge < -0.3 is 25.2 Å². The van der Waals surface area contributed by atoms with E-state index in [9.17, 15) is 14.7 Å². The predicted molar refractivity (Wildman–Crippen MR) is 94.8 cm³/mol. The number of methoxy groups -OCH3 is 1. The lowest BCUT2D eigenvalue weighted by molar-refractivity contribution is -0.139. The minimum absolute atomic E-state index is 0.165. The molecule has 1 aromatic carbocycles. The molecule has 0 radical (unpaired) electrons. The van der Waals surface area contributed by atoms with Crippen LogP contribution in [0.3, 0.4) is 0 Å². The van der Waals surface area contributed by atoms with Crippen LogP contribution in [0.4, 0.5) is 4.79 Å². The normalized spacial score (nSPS) is 11.9. The molecule has 0 aliphatic carbocycles. The Morgan fingerprint density at radius 2 is 1.84 bits per heavy atom. The zero-order chi connectivity index (χ0) is 18.8. The molecule has 2 amide bonds. The van der Waals surface area contributed by atoms with E-state index in [1.165, 1.54) is 4.90 Å². The Bertz CT molecular complexity index is 545.